The average molecular weight is 436 g/mol. The second-order valence-electron chi connectivity index (χ2n) is 4.77. The van der Waals surface area contributed by atoms with Crippen LogP contribution in [-0.4, -0.2) is 68.5 Å². The lowest BCUT2D eigenvalue weighted by molar-refractivity contribution is -0.145. The Morgan fingerprint density at radius 2 is 1.36 bits per heavy atom. The van der Waals surface area contributed by atoms with E-state index in [1.54, 1.807) is 0 Å². The SMILES string of the molecule is C=CC(=O)OCCCC(=O)OCCSSCCOC(=O)NCCOC(=O)C=C. The van der Waals surface area contributed by atoms with E-state index in [-0.39, 0.29) is 45.4 Å². The Labute approximate surface area is 171 Å². The Morgan fingerprint density at radius 1 is 0.786 bits per heavy atom. The Bertz CT molecular complexity index is 481. The maximum Gasteiger partial charge on any atom is 0.407 e. The van der Waals surface area contributed by atoms with Gasteiger partial charge in [-0.1, -0.05) is 34.7 Å². The van der Waals surface area contributed by atoms with Gasteiger partial charge in [-0.15, -0.1) is 0 Å². The topological polar surface area (TPSA) is 117 Å². The van der Waals surface area contributed by atoms with E-state index in [1.165, 1.54) is 21.6 Å². The van der Waals surface area contributed by atoms with Crippen molar-refractivity contribution in [3.8, 4) is 0 Å². The van der Waals surface area contributed by atoms with E-state index < -0.39 is 18.0 Å². The number of nitrogens with one attached hydrogen (secondary N) is 1. The van der Waals surface area contributed by atoms with Crippen LogP contribution in [0.1, 0.15) is 12.8 Å². The van der Waals surface area contributed by atoms with Crippen molar-refractivity contribution in [2.24, 2.45) is 0 Å². The fraction of sp³-hybridized carbons (Fsp3) is 0.529. The normalized spacial score (nSPS) is 9.71. The quantitative estimate of drug-likeness (QED) is 0.127. The fourth-order valence-corrected chi connectivity index (χ4v) is 3.06. The molecular weight excluding hydrogens is 410 g/mol. The van der Waals surface area contributed by atoms with Gasteiger partial charge in [-0.2, -0.15) is 0 Å². The highest BCUT2D eigenvalue weighted by Crippen LogP contribution is 2.20. The Balaban J connectivity index is 3.38. The molecule has 0 rings (SSSR count). The molecule has 0 unspecified atom stereocenters. The number of amides is 1. The van der Waals surface area contributed by atoms with E-state index in [0.29, 0.717) is 17.9 Å². The molecule has 1 amide bonds. The van der Waals surface area contributed by atoms with Crippen LogP contribution in [0.15, 0.2) is 25.3 Å². The minimum Gasteiger partial charge on any atom is -0.465 e. The van der Waals surface area contributed by atoms with Gasteiger partial charge in [0.25, 0.3) is 0 Å². The molecule has 0 saturated heterocycles. The molecule has 0 aliphatic heterocycles. The maximum absolute atomic E-state index is 11.4. The standard InChI is InChI=1S/C17H25NO8S2/c1-3-14(19)23-8-5-6-16(21)25-10-12-27-28-13-11-26-17(22)18-7-9-24-15(20)4-2/h3-4H,1-2,5-13H2,(H,18,22). The number of carbonyl (C=O) groups excluding carboxylic acids is 4. The molecule has 0 spiro atoms. The fourth-order valence-electron chi connectivity index (χ4n) is 1.41. The zero-order valence-corrected chi connectivity index (χ0v) is 17.1. The van der Waals surface area contributed by atoms with Crippen molar-refractivity contribution in [1.29, 1.82) is 0 Å². The molecule has 11 heteroatoms. The lowest BCUT2D eigenvalue weighted by Gasteiger charge is -2.07. The van der Waals surface area contributed by atoms with Crippen LogP contribution in [0.4, 0.5) is 4.79 Å². The first-order chi connectivity index (χ1) is 13.5. The molecule has 0 bridgehead atoms. The highest BCUT2D eigenvalue weighted by atomic mass is 33.1. The molecule has 0 aliphatic carbocycles. The summed E-state index contributed by atoms with van der Waals surface area (Å²) >= 11 is 0. The largest absolute Gasteiger partial charge is 0.465 e. The number of carbonyl (C=O) groups is 4. The van der Waals surface area contributed by atoms with E-state index in [9.17, 15) is 19.2 Å². The minimum absolute atomic E-state index is 0.0449. The van der Waals surface area contributed by atoms with Crippen molar-refractivity contribution >= 4 is 45.6 Å². The van der Waals surface area contributed by atoms with Gasteiger partial charge in [0.15, 0.2) is 0 Å². The number of alkyl carbamates (subject to hydrolysis) is 1. The first kappa shape index (κ1) is 25.9. The monoisotopic (exact) mass is 435 g/mol. The van der Waals surface area contributed by atoms with Crippen LogP contribution in [0.3, 0.4) is 0 Å². The Kier molecular flexibility index (Phi) is 16.8. The van der Waals surface area contributed by atoms with Crippen molar-refractivity contribution in [2.75, 3.05) is 44.5 Å². The van der Waals surface area contributed by atoms with E-state index in [4.69, 9.17) is 14.2 Å². The van der Waals surface area contributed by atoms with Crippen LogP contribution in [0.2, 0.25) is 0 Å². The smallest absolute Gasteiger partial charge is 0.407 e. The van der Waals surface area contributed by atoms with Gasteiger partial charge in [0.2, 0.25) is 0 Å². The predicted molar refractivity (Wildman–Crippen MR) is 107 cm³/mol. The highest BCUT2D eigenvalue weighted by molar-refractivity contribution is 8.76. The van der Waals surface area contributed by atoms with Gasteiger partial charge in [0.05, 0.1) is 13.2 Å². The Morgan fingerprint density at radius 3 is 1.96 bits per heavy atom. The second-order valence-corrected chi connectivity index (χ2v) is 7.48. The summed E-state index contributed by atoms with van der Waals surface area (Å²) in [6, 6.07) is 0. The first-order valence-corrected chi connectivity index (χ1v) is 10.9. The molecule has 0 aromatic carbocycles. The minimum atomic E-state index is -0.590. The molecule has 1 N–H and O–H groups in total. The molecule has 0 aliphatic rings. The van der Waals surface area contributed by atoms with Crippen LogP contribution in [0.5, 0.6) is 0 Å². The summed E-state index contributed by atoms with van der Waals surface area (Å²) < 4.78 is 19.4. The van der Waals surface area contributed by atoms with Gasteiger partial charge in [-0.3, -0.25) is 4.79 Å². The van der Waals surface area contributed by atoms with E-state index >= 15 is 0 Å². The summed E-state index contributed by atoms with van der Waals surface area (Å²) in [6.07, 6.45) is 2.09. The van der Waals surface area contributed by atoms with Crippen molar-refractivity contribution in [1.82, 2.24) is 5.32 Å². The van der Waals surface area contributed by atoms with Gasteiger partial charge in [-0.05, 0) is 6.42 Å². The van der Waals surface area contributed by atoms with Gasteiger partial charge in [0.1, 0.15) is 19.8 Å². The molecule has 0 aromatic rings. The molecule has 0 aromatic heterocycles. The molecule has 0 heterocycles. The third kappa shape index (κ3) is 17.3. The summed E-state index contributed by atoms with van der Waals surface area (Å²) in [7, 11) is 2.97. The lowest BCUT2D eigenvalue weighted by atomic mass is 10.3. The number of ether oxygens (including phenoxy) is 4. The second kappa shape index (κ2) is 18.2. The average Bonchev–Trinajstić information content (AvgIpc) is 2.69. The van der Waals surface area contributed by atoms with Crippen molar-refractivity contribution in [3.63, 3.8) is 0 Å². The molecule has 9 nitrogen and oxygen atoms in total. The third-order valence-corrected chi connectivity index (χ3v) is 4.96. The zero-order chi connectivity index (χ0) is 21.0. The molecule has 0 radical (unpaired) electrons. The van der Waals surface area contributed by atoms with Gasteiger partial charge in [0, 0.05) is 30.1 Å². The van der Waals surface area contributed by atoms with E-state index in [2.05, 4.69) is 23.2 Å². The molecular formula is C17H25NO8S2. The predicted octanol–water partition coefficient (Wildman–Crippen LogP) is 1.88. The van der Waals surface area contributed by atoms with Crippen molar-refractivity contribution in [2.45, 2.75) is 12.8 Å². The summed E-state index contributed by atoms with van der Waals surface area (Å²) in [6.45, 7) is 7.36. The Hall–Kier alpha value is -2.14. The number of hydrogen-bond acceptors (Lipinski definition) is 10. The van der Waals surface area contributed by atoms with Crippen molar-refractivity contribution in [3.05, 3.63) is 25.3 Å². The van der Waals surface area contributed by atoms with Gasteiger partial charge in [-0.25, -0.2) is 14.4 Å². The van der Waals surface area contributed by atoms with Crippen LogP contribution >= 0.6 is 21.6 Å². The first-order valence-electron chi connectivity index (χ1n) is 8.38. The van der Waals surface area contributed by atoms with Crippen LogP contribution in [0.25, 0.3) is 0 Å². The number of esters is 3. The van der Waals surface area contributed by atoms with Crippen LogP contribution in [-0.2, 0) is 33.3 Å². The number of hydrogen-bond donors (Lipinski definition) is 1. The summed E-state index contributed by atoms with van der Waals surface area (Å²) in [5.74, 6) is -0.242. The molecule has 0 fully saturated rings. The van der Waals surface area contributed by atoms with Crippen molar-refractivity contribution < 1.29 is 38.1 Å². The summed E-state index contributed by atoms with van der Waals surface area (Å²) in [5, 5.41) is 2.44. The van der Waals surface area contributed by atoms with Gasteiger partial charge >= 0.3 is 24.0 Å². The molecule has 0 saturated carbocycles. The molecule has 158 valence electrons. The van der Waals surface area contributed by atoms with E-state index in [0.717, 1.165) is 12.2 Å². The van der Waals surface area contributed by atoms with Crippen LogP contribution in [0, 0.1) is 0 Å². The summed E-state index contributed by atoms with van der Waals surface area (Å²) in [5.41, 5.74) is 0. The highest BCUT2D eigenvalue weighted by Gasteiger charge is 2.05. The summed E-state index contributed by atoms with van der Waals surface area (Å²) in [4.78, 5) is 44.3. The molecule has 0 atom stereocenters. The van der Waals surface area contributed by atoms with Gasteiger partial charge < -0.3 is 24.3 Å². The van der Waals surface area contributed by atoms with E-state index in [1.807, 2.05) is 0 Å². The molecule has 28 heavy (non-hydrogen) atoms. The maximum atomic E-state index is 11.4. The lowest BCUT2D eigenvalue weighted by Crippen LogP contribution is -2.29. The number of rotatable bonds is 16. The third-order valence-electron chi connectivity index (χ3n) is 2.63. The van der Waals surface area contributed by atoms with Crippen LogP contribution < -0.4 is 5.32 Å². The zero-order valence-electron chi connectivity index (χ0n) is 15.5.